The van der Waals surface area contributed by atoms with Crippen LogP contribution in [0.15, 0.2) is 24.8 Å². The lowest BCUT2D eigenvalue weighted by molar-refractivity contribution is -0.144. The minimum atomic E-state index is -0.233. The highest BCUT2D eigenvalue weighted by molar-refractivity contribution is 5.69. The van der Waals surface area contributed by atoms with Gasteiger partial charge in [0.2, 0.25) is 0 Å². The fraction of sp³-hybridized carbons (Fsp3) is 0.684. The van der Waals surface area contributed by atoms with Crippen molar-refractivity contribution >= 4 is 12.3 Å². The van der Waals surface area contributed by atoms with Gasteiger partial charge in [-0.1, -0.05) is 24.8 Å². The highest BCUT2D eigenvalue weighted by Gasteiger charge is 2.21. The van der Waals surface area contributed by atoms with Gasteiger partial charge in [0.1, 0.15) is 6.29 Å². The third kappa shape index (κ3) is 12.0. The van der Waals surface area contributed by atoms with Gasteiger partial charge in [0, 0.05) is 26.1 Å². The van der Waals surface area contributed by atoms with Crippen LogP contribution in [0.2, 0.25) is 0 Å². The van der Waals surface area contributed by atoms with Crippen LogP contribution in [0.5, 0.6) is 0 Å². The third-order valence-corrected chi connectivity index (χ3v) is 4.09. The highest BCUT2D eigenvalue weighted by atomic mass is 16.5. The molecule has 2 atom stereocenters. The first-order valence-corrected chi connectivity index (χ1v) is 8.78. The van der Waals surface area contributed by atoms with E-state index in [0.717, 1.165) is 19.1 Å². The lowest BCUT2D eigenvalue weighted by atomic mass is 9.81. The zero-order chi connectivity index (χ0) is 18.0. The van der Waals surface area contributed by atoms with Gasteiger partial charge in [-0.3, -0.25) is 4.79 Å². The van der Waals surface area contributed by atoms with Gasteiger partial charge in [0.25, 0.3) is 0 Å². The van der Waals surface area contributed by atoms with Crippen LogP contribution >= 0.6 is 0 Å². The van der Waals surface area contributed by atoms with Crippen molar-refractivity contribution in [3.05, 3.63) is 24.8 Å². The Balaban J connectivity index is 4.19. The molecule has 0 aromatic heterocycles. The topological polar surface area (TPSA) is 83.8 Å². The molecule has 0 spiro atoms. The van der Waals surface area contributed by atoms with E-state index in [1.165, 1.54) is 0 Å². The maximum atomic E-state index is 11.8. The van der Waals surface area contributed by atoms with Crippen molar-refractivity contribution in [2.24, 2.45) is 11.8 Å². The Morgan fingerprint density at radius 3 is 2.29 bits per heavy atom. The predicted octanol–water partition coefficient (Wildman–Crippen LogP) is 2.81. The molecule has 0 bridgehead atoms. The van der Waals surface area contributed by atoms with Crippen LogP contribution in [-0.4, -0.2) is 42.3 Å². The van der Waals surface area contributed by atoms with Gasteiger partial charge in [-0.05, 0) is 50.4 Å². The number of aliphatic hydroxyl groups excluding tert-OH is 2. The second-order valence-corrected chi connectivity index (χ2v) is 5.85. The molecule has 0 aliphatic carbocycles. The number of unbranched alkanes of at least 4 members (excludes halogenated alkanes) is 1. The molecule has 0 saturated heterocycles. The number of ether oxygens (including phenoxy) is 1. The first kappa shape index (κ1) is 22.5. The van der Waals surface area contributed by atoms with E-state index in [4.69, 9.17) is 4.74 Å². The molecule has 5 nitrogen and oxygen atoms in total. The van der Waals surface area contributed by atoms with E-state index in [0.29, 0.717) is 45.1 Å². The Labute approximate surface area is 145 Å². The second kappa shape index (κ2) is 16.4. The van der Waals surface area contributed by atoms with Crippen LogP contribution < -0.4 is 0 Å². The molecule has 0 fully saturated rings. The van der Waals surface area contributed by atoms with E-state index >= 15 is 0 Å². The van der Waals surface area contributed by atoms with Gasteiger partial charge < -0.3 is 19.7 Å². The van der Waals surface area contributed by atoms with Crippen molar-refractivity contribution in [2.45, 2.75) is 51.4 Å². The van der Waals surface area contributed by atoms with Gasteiger partial charge in [-0.2, -0.15) is 0 Å². The van der Waals surface area contributed by atoms with Gasteiger partial charge >= 0.3 is 5.97 Å². The largest absolute Gasteiger partial charge is 0.466 e. The van der Waals surface area contributed by atoms with Crippen molar-refractivity contribution < 1.29 is 24.5 Å². The molecule has 0 aromatic carbocycles. The normalized spacial score (nSPS) is 13.6. The average Bonchev–Trinajstić information content (AvgIpc) is 2.58. The molecule has 0 aromatic rings. The Bertz CT molecular complexity index is 365. The van der Waals surface area contributed by atoms with E-state index in [2.05, 4.69) is 6.58 Å². The van der Waals surface area contributed by atoms with Gasteiger partial charge in [-0.15, -0.1) is 0 Å². The molecule has 0 saturated carbocycles. The van der Waals surface area contributed by atoms with E-state index in [1.807, 2.05) is 12.2 Å². The molecule has 5 heteroatoms. The lowest BCUT2D eigenvalue weighted by Gasteiger charge is -2.25. The van der Waals surface area contributed by atoms with Crippen molar-refractivity contribution in [1.82, 2.24) is 0 Å². The molecule has 2 N–H and O–H groups in total. The summed E-state index contributed by atoms with van der Waals surface area (Å²) in [5.41, 5.74) is 0. The smallest absolute Gasteiger partial charge is 0.305 e. The summed E-state index contributed by atoms with van der Waals surface area (Å²) in [5, 5.41) is 18.4. The number of hydrogen-bond acceptors (Lipinski definition) is 5. The minimum absolute atomic E-state index is 0.0400. The molecule has 0 radical (unpaired) electrons. The van der Waals surface area contributed by atoms with Crippen LogP contribution in [0.25, 0.3) is 0 Å². The predicted molar refractivity (Wildman–Crippen MR) is 94.4 cm³/mol. The number of rotatable bonds is 16. The van der Waals surface area contributed by atoms with Crippen LogP contribution in [0.1, 0.15) is 51.4 Å². The number of carbonyl (C=O) groups is 2. The second-order valence-electron chi connectivity index (χ2n) is 5.85. The zero-order valence-electron chi connectivity index (χ0n) is 14.6. The summed E-state index contributed by atoms with van der Waals surface area (Å²) < 4.78 is 5.20. The molecule has 0 amide bonds. The first-order chi connectivity index (χ1) is 11.7. The SMILES string of the molecule is C=C/C=C\CCCOC(=O)CCC(CCO)C(CCO)CCC=O. The van der Waals surface area contributed by atoms with Gasteiger partial charge in [0.15, 0.2) is 0 Å². The van der Waals surface area contributed by atoms with E-state index in [1.54, 1.807) is 6.08 Å². The fourth-order valence-electron chi connectivity index (χ4n) is 2.80. The molecule has 0 aliphatic rings. The summed E-state index contributed by atoms with van der Waals surface area (Å²) in [5.74, 6) is 0.0261. The Morgan fingerprint density at radius 2 is 1.71 bits per heavy atom. The Kier molecular flexibility index (Phi) is 15.4. The lowest BCUT2D eigenvalue weighted by Crippen LogP contribution is -2.20. The molecule has 2 unspecified atom stereocenters. The van der Waals surface area contributed by atoms with Gasteiger partial charge in [-0.25, -0.2) is 0 Å². The third-order valence-electron chi connectivity index (χ3n) is 4.09. The number of carbonyl (C=O) groups excluding carboxylic acids is 2. The highest BCUT2D eigenvalue weighted by Crippen LogP contribution is 2.28. The van der Waals surface area contributed by atoms with Crippen molar-refractivity contribution in [3.8, 4) is 0 Å². The summed E-state index contributed by atoms with van der Waals surface area (Å²) in [7, 11) is 0. The van der Waals surface area contributed by atoms with Crippen LogP contribution in [0, 0.1) is 11.8 Å². The number of allylic oxidation sites excluding steroid dienone is 3. The van der Waals surface area contributed by atoms with E-state index < -0.39 is 0 Å². The van der Waals surface area contributed by atoms with Crippen molar-refractivity contribution in [1.29, 1.82) is 0 Å². The standard InChI is InChI=1S/C19H32O5/c1-2-3-4-5-6-16-24-19(23)10-9-18(12-15-22)17(11-14-21)8-7-13-20/h2-4,13,17-18,21-22H,1,5-12,14-16H2/b4-3-. The molecule has 0 aliphatic heterocycles. The molecule has 0 rings (SSSR count). The maximum Gasteiger partial charge on any atom is 0.305 e. The van der Waals surface area contributed by atoms with Crippen LogP contribution in [-0.2, 0) is 14.3 Å². The van der Waals surface area contributed by atoms with Crippen molar-refractivity contribution in [3.63, 3.8) is 0 Å². The number of aldehydes is 1. The molecule has 24 heavy (non-hydrogen) atoms. The van der Waals surface area contributed by atoms with E-state index in [9.17, 15) is 19.8 Å². The monoisotopic (exact) mass is 340 g/mol. The van der Waals surface area contributed by atoms with Gasteiger partial charge in [0.05, 0.1) is 6.61 Å². The van der Waals surface area contributed by atoms with Crippen molar-refractivity contribution in [2.75, 3.05) is 19.8 Å². The van der Waals surface area contributed by atoms with Crippen LogP contribution in [0.4, 0.5) is 0 Å². The molecule has 0 heterocycles. The van der Waals surface area contributed by atoms with Crippen LogP contribution in [0.3, 0.4) is 0 Å². The molecule has 138 valence electrons. The molecular weight excluding hydrogens is 308 g/mol. The average molecular weight is 340 g/mol. The quantitative estimate of drug-likeness (QED) is 0.195. The zero-order valence-corrected chi connectivity index (χ0v) is 14.6. The maximum absolute atomic E-state index is 11.8. The summed E-state index contributed by atoms with van der Waals surface area (Å²) in [6, 6.07) is 0. The number of esters is 1. The number of aliphatic hydroxyl groups is 2. The Morgan fingerprint density at radius 1 is 1.04 bits per heavy atom. The summed E-state index contributed by atoms with van der Waals surface area (Å²) in [6.07, 6.45) is 11.2. The summed E-state index contributed by atoms with van der Waals surface area (Å²) in [6.45, 7) is 4.07. The summed E-state index contributed by atoms with van der Waals surface area (Å²) in [4.78, 5) is 22.4. The number of hydrogen-bond donors (Lipinski definition) is 2. The molecular formula is C19H32O5. The minimum Gasteiger partial charge on any atom is -0.466 e. The van der Waals surface area contributed by atoms with E-state index in [-0.39, 0.29) is 31.0 Å². The first-order valence-electron chi connectivity index (χ1n) is 8.78. The fourth-order valence-corrected chi connectivity index (χ4v) is 2.80. The summed E-state index contributed by atoms with van der Waals surface area (Å²) >= 11 is 0. The Hall–Kier alpha value is -1.46.